The van der Waals surface area contributed by atoms with E-state index in [9.17, 15) is 9.59 Å². The van der Waals surface area contributed by atoms with Gasteiger partial charge in [-0.3, -0.25) is 9.78 Å². The molecule has 0 radical (unpaired) electrons. The average molecular weight is 346 g/mol. The fraction of sp³-hybridized carbons (Fsp3) is 0.611. The van der Waals surface area contributed by atoms with E-state index >= 15 is 0 Å². The van der Waals surface area contributed by atoms with Crippen molar-refractivity contribution in [1.29, 1.82) is 0 Å². The first kappa shape index (κ1) is 17.7. The molecule has 0 aliphatic carbocycles. The summed E-state index contributed by atoms with van der Waals surface area (Å²) in [6.45, 7) is 3.03. The van der Waals surface area contributed by atoms with Gasteiger partial charge in [-0.2, -0.15) is 0 Å². The molecule has 2 fully saturated rings. The van der Waals surface area contributed by atoms with Crippen molar-refractivity contribution in [3.05, 3.63) is 30.1 Å². The lowest BCUT2D eigenvalue weighted by molar-refractivity contribution is -0.139. The molecule has 7 heteroatoms. The number of carbonyl (C=O) groups is 2. The fourth-order valence-electron chi connectivity index (χ4n) is 3.57. The second kappa shape index (κ2) is 8.29. The van der Waals surface area contributed by atoms with Crippen molar-refractivity contribution in [3.8, 4) is 0 Å². The van der Waals surface area contributed by atoms with Gasteiger partial charge in [-0.05, 0) is 37.8 Å². The van der Waals surface area contributed by atoms with Crippen LogP contribution in [0.5, 0.6) is 0 Å². The lowest BCUT2D eigenvalue weighted by Crippen LogP contribution is -2.50. The SMILES string of the molecule is NC(=O)N1CCC[C@H](C(=O)N2CCC(OCc3ccccn3)CC2)C1. The molecule has 136 valence electrons. The predicted octanol–water partition coefficient (Wildman–Crippen LogP) is 1.38. The predicted molar refractivity (Wildman–Crippen MR) is 92.5 cm³/mol. The largest absolute Gasteiger partial charge is 0.372 e. The van der Waals surface area contributed by atoms with Crippen molar-refractivity contribution in [2.75, 3.05) is 26.2 Å². The molecule has 3 heterocycles. The molecular formula is C18H26N4O3. The van der Waals surface area contributed by atoms with Gasteiger partial charge in [-0.25, -0.2) is 4.79 Å². The van der Waals surface area contributed by atoms with E-state index in [1.807, 2.05) is 23.1 Å². The molecule has 2 saturated heterocycles. The standard InChI is InChI=1S/C18H26N4O3/c19-18(24)22-9-3-4-14(12-22)17(23)21-10-6-16(7-11-21)25-13-15-5-1-2-8-20-15/h1-2,5,8,14,16H,3-4,6-7,9-13H2,(H2,19,24)/t14-/m0/s1. The van der Waals surface area contributed by atoms with Crippen molar-refractivity contribution in [2.45, 2.75) is 38.4 Å². The number of hydrogen-bond acceptors (Lipinski definition) is 4. The number of ether oxygens (including phenoxy) is 1. The monoisotopic (exact) mass is 346 g/mol. The van der Waals surface area contributed by atoms with E-state index in [1.54, 1.807) is 11.1 Å². The first-order valence-corrected chi connectivity index (χ1v) is 8.98. The van der Waals surface area contributed by atoms with Gasteiger partial charge >= 0.3 is 6.03 Å². The minimum absolute atomic E-state index is 0.118. The Hall–Kier alpha value is -2.15. The van der Waals surface area contributed by atoms with Gasteiger partial charge < -0.3 is 20.3 Å². The van der Waals surface area contributed by atoms with E-state index < -0.39 is 6.03 Å². The topological polar surface area (TPSA) is 88.8 Å². The zero-order valence-corrected chi connectivity index (χ0v) is 14.5. The molecule has 7 nitrogen and oxygen atoms in total. The van der Waals surface area contributed by atoms with Crippen molar-refractivity contribution in [3.63, 3.8) is 0 Å². The zero-order valence-electron chi connectivity index (χ0n) is 14.5. The Bertz CT molecular complexity index is 587. The number of likely N-dealkylation sites (tertiary alicyclic amines) is 2. The van der Waals surface area contributed by atoms with Crippen molar-refractivity contribution in [2.24, 2.45) is 11.7 Å². The zero-order chi connectivity index (χ0) is 17.6. The van der Waals surface area contributed by atoms with E-state index in [0.717, 1.165) is 31.4 Å². The van der Waals surface area contributed by atoms with Crippen LogP contribution in [0.25, 0.3) is 0 Å². The summed E-state index contributed by atoms with van der Waals surface area (Å²) in [4.78, 5) is 31.8. The third-order valence-electron chi connectivity index (χ3n) is 5.03. The molecule has 2 aliphatic heterocycles. The molecular weight excluding hydrogens is 320 g/mol. The van der Waals surface area contributed by atoms with E-state index in [0.29, 0.717) is 32.8 Å². The summed E-state index contributed by atoms with van der Waals surface area (Å²) >= 11 is 0. The molecule has 0 unspecified atom stereocenters. The van der Waals surface area contributed by atoms with Crippen molar-refractivity contribution in [1.82, 2.24) is 14.8 Å². The summed E-state index contributed by atoms with van der Waals surface area (Å²) in [7, 11) is 0. The van der Waals surface area contributed by atoms with Gasteiger partial charge in [0.15, 0.2) is 0 Å². The van der Waals surface area contributed by atoms with Gasteiger partial charge in [0, 0.05) is 32.4 Å². The van der Waals surface area contributed by atoms with E-state index in [-0.39, 0.29) is 17.9 Å². The van der Waals surface area contributed by atoms with E-state index in [1.165, 1.54) is 0 Å². The molecule has 3 rings (SSSR count). The van der Waals surface area contributed by atoms with Crippen LogP contribution in [0.4, 0.5) is 4.79 Å². The number of piperidine rings is 2. The Morgan fingerprint density at radius 2 is 1.96 bits per heavy atom. The highest BCUT2D eigenvalue weighted by Gasteiger charge is 2.32. The van der Waals surface area contributed by atoms with Crippen LogP contribution >= 0.6 is 0 Å². The number of urea groups is 1. The number of pyridine rings is 1. The molecule has 3 amide bonds. The van der Waals surface area contributed by atoms with Gasteiger partial charge in [-0.15, -0.1) is 0 Å². The van der Waals surface area contributed by atoms with Gasteiger partial charge in [0.25, 0.3) is 0 Å². The molecule has 0 bridgehead atoms. The normalized spacial score (nSPS) is 22.0. The minimum atomic E-state index is -0.431. The second-order valence-electron chi connectivity index (χ2n) is 6.78. The molecule has 0 spiro atoms. The molecule has 2 aliphatic rings. The number of hydrogen-bond donors (Lipinski definition) is 1. The highest BCUT2D eigenvalue weighted by molar-refractivity contribution is 5.80. The van der Waals surface area contributed by atoms with Gasteiger partial charge in [0.1, 0.15) is 0 Å². The third kappa shape index (κ3) is 4.69. The van der Waals surface area contributed by atoms with Crippen LogP contribution in [-0.2, 0) is 16.1 Å². The lowest BCUT2D eigenvalue weighted by atomic mass is 9.95. The van der Waals surface area contributed by atoms with Crippen LogP contribution in [0.3, 0.4) is 0 Å². The maximum absolute atomic E-state index is 12.7. The maximum Gasteiger partial charge on any atom is 0.314 e. The number of rotatable bonds is 4. The van der Waals surface area contributed by atoms with E-state index in [4.69, 9.17) is 10.5 Å². The van der Waals surface area contributed by atoms with Gasteiger partial charge in [-0.1, -0.05) is 6.07 Å². The summed E-state index contributed by atoms with van der Waals surface area (Å²) in [5.41, 5.74) is 6.27. The van der Waals surface area contributed by atoms with Crippen molar-refractivity contribution >= 4 is 11.9 Å². The molecule has 1 aromatic heterocycles. The number of aromatic nitrogens is 1. The summed E-state index contributed by atoms with van der Waals surface area (Å²) in [6, 6.07) is 5.36. The Balaban J connectivity index is 1.43. The minimum Gasteiger partial charge on any atom is -0.372 e. The van der Waals surface area contributed by atoms with Crippen LogP contribution in [0.15, 0.2) is 24.4 Å². The Labute approximate surface area is 148 Å². The van der Waals surface area contributed by atoms with Gasteiger partial charge in [0.05, 0.1) is 24.3 Å². The average Bonchev–Trinajstić information content (AvgIpc) is 2.67. The maximum atomic E-state index is 12.7. The fourth-order valence-corrected chi connectivity index (χ4v) is 3.57. The number of carbonyl (C=O) groups excluding carboxylic acids is 2. The summed E-state index contributed by atoms with van der Waals surface area (Å²) in [6.07, 6.45) is 5.27. The summed E-state index contributed by atoms with van der Waals surface area (Å²) < 4.78 is 5.92. The van der Waals surface area contributed by atoms with Crippen LogP contribution in [0.2, 0.25) is 0 Å². The molecule has 1 aromatic rings. The van der Waals surface area contributed by atoms with Crippen LogP contribution in [0, 0.1) is 5.92 Å². The van der Waals surface area contributed by atoms with E-state index in [2.05, 4.69) is 4.98 Å². The Morgan fingerprint density at radius 1 is 1.16 bits per heavy atom. The highest BCUT2D eigenvalue weighted by atomic mass is 16.5. The van der Waals surface area contributed by atoms with Crippen LogP contribution < -0.4 is 5.73 Å². The second-order valence-corrected chi connectivity index (χ2v) is 6.78. The van der Waals surface area contributed by atoms with Crippen LogP contribution in [-0.4, -0.2) is 59.0 Å². The summed E-state index contributed by atoms with van der Waals surface area (Å²) in [5.74, 6) is 0.0290. The number of amides is 3. The first-order valence-electron chi connectivity index (χ1n) is 8.98. The molecule has 0 saturated carbocycles. The molecule has 0 aromatic carbocycles. The molecule has 25 heavy (non-hydrogen) atoms. The highest BCUT2D eigenvalue weighted by Crippen LogP contribution is 2.22. The number of primary amides is 1. The first-order chi connectivity index (χ1) is 12.1. The summed E-state index contributed by atoms with van der Waals surface area (Å²) in [5, 5.41) is 0. The quantitative estimate of drug-likeness (QED) is 0.892. The number of nitrogens with zero attached hydrogens (tertiary/aromatic N) is 3. The third-order valence-corrected chi connectivity index (χ3v) is 5.03. The molecule has 1 atom stereocenters. The Morgan fingerprint density at radius 3 is 2.64 bits per heavy atom. The van der Waals surface area contributed by atoms with Gasteiger partial charge in [0.2, 0.25) is 5.91 Å². The molecule has 2 N–H and O–H groups in total. The van der Waals surface area contributed by atoms with Crippen LogP contribution in [0.1, 0.15) is 31.4 Å². The lowest BCUT2D eigenvalue weighted by Gasteiger charge is -2.37. The Kier molecular flexibility index (Phi) is 5.86. The van der Waals surface area contributed by atoms with Crippen molar-refractivity contribution < 1.29 is 14.3 Å². The smallest absolute Gasteiger partial charge is 0.314 e. The number of nitrogens with two attached hydrogens (primary N) is 1.